The average molecular weight is 197 g/mol. The van der Waals surface area contributed by atoms with Crippen LogP contribution in [-0.2, 0) is 4.74 Å². The molecule has 0 spiro atoms. The van der Waals surface area contributed by atoms with E-state index in [1.165, 1.54) is 0 Å². The van der Waals surface area contributed by atoms with Gasteiger partial charge in [0.2, 0.25) is 0 Å². The Morgan fingerprint density at radius 1 is 1.27 bits per heavy atom. The summed E-state index contributed by atoms with van der Waals surface area (Å²) in [6.45, 7) is 0. The largest absolute Gasteiger partial charge is 0.469 e. The molecule has 0 atom stereocenters. The van der Waals surface area contributed by atoms with Gasteiger partial charge in [-0.1, -0.05) is 11.6 Å². The fourth-order valence-corrected chi connectivity index (χ4v) is 0.407. The molecule has 0 saturated heterocycles. The van der Waals surface area contributed by atoms with Gasteiger partial charge in [-0.25, -0.2) is 0 Å². The van der Waals surface area contributed by atoms with Crippen molar-refractivity contribution < 1.29 is 26.7 Å². The first-order chi connectivity index (χ1) is 4.89. The Morgan fingerprint density at radius 3 is 1.82 bits per heavy atom. The van der Waals surface area contributed by atoms with Crippen molar-refractivity contribution in [3.8, 4) is 0 Å². The number of ether oxygens (including phenoxy) is 1. The summed E-state index contributed by atoms with van der Waals surface area (Å²) in [6, 6.07) is -0.966. The zero-order valence-electron chi connectivity index (χ0n) is 4.88. The average Bonchev–Trinajstić information content (AvgIpc) is 1.79. The fraction of sp³-hybridized carbons (Fsp3) is 0.500. The summed E-state index contributed by atoms with van der Waals surface area (Å²) in [5.41, 5.74) is 0. The molecule has 0 N–H and O–H groups in total. The van der Waals surface area contributed by atoms with Gasteiger partial charge in [0.05, 0.1) is 0 Å². The summed E-state index contributed by atoms with van der Waals surface area (Å²) in [5, 5.41) is 0. The lowest BCUT2D eigenvalue weighted by molar-refractivity contribution is -0.132. The number of hydrogen-bond acceptors (Lipinski definition) is 1. The van der Waals surface area contributed by atoms with Gasteiger partial charge in [0, 0.05) is 0 Å². The minimum absolute atomic E-state index is 0.966. The molecule has 0 radical (unpaired) electrons. The second kappa shape index (κ2) is 3.75. The van der Waals surface area contributed by atoms with E-state index in [0.717, 1.165) is 0 Å². The molecule has 0 aromatic heterocycles. The molecular formula is C4H2ClF5O. The first-order valence-electron chi connectivity index (χ1n) is 2.20. The van der Waals surface area contributed by atoms with Gasteiger partial charge in [0.15, 0.2) is 6.07 Å². The number of alkyl halides is 4. The maximum atomic E-state index is 11.4. The van der Waals surface area contributed by atoms with Gasteiger partial charge in [-0.15, -0.1) is 0 Å². The molecule has 0 amide bonds. The van der Waals surface area contributed by atoms with E-state index in [0.29, 0.717) is 0 Å². The van der Waals surface area contributed by atoms with Crippen LogP contribution in [-0.4, -0.2) is 12.2 Å². The van der Waals surface area contributed by atoms with E-state index in [-0.39, 0.29) is 0 Å². The van der Waals surface area contributed by atoms with E-state index < -0.39 is 24.1 Å². The molecule has 0 fully saturated rings. The number of allylic oxidation sites excluding steroid dienone is 1. The van der Waals surface area contributed by atoms with Crippen molar-refractivity contribution >= 4 is 11.6 Å². The highest BCUT2D eigenvalue weighted by Gasteiger charge is 2.40. The van der Waals surface area contributed by atoms with Gasteiger partial charge in [-0.05, 0) is 0 Å². The molecule has 0 rings (SSSR count). The van der Waals surface area contributed by atoms with Gasteiger partial charge < -0.3 is 4.74 Å². The fourth-order valence-electron chi connectivity index (χ4n) is 0.298. The number of hydrogen-bond donors (Lipinski definition) is 0. The molecule has 0 aliphatic rings. The van der Waals surface area contributed by atoms with Gasteiger partial charge in [-0.2, -0.15) is 22.0 Å². The van der Waals surface area contributed by atoms with Crippen molar-refractivity contribution in [2.24, 2.45) is 0 Å². The topological polar surface area (TPSA) is 9.23 Å². The van der Waals surface area contributed by atoms with E-state index in [9.17, 15) is 22.0 Å². The Labute approximate surface area is 63.4 Å². The molecule has 0 bridgehead atoms. The van der Waals surface area contributed by atoms with Crippen LogP contribution in [0.2, 0.25) is 0 Å². The molecule has 0 saturated carbocycles. The van der Waals surface area contributed by atoms with Crippen molar-refractivity contribution in [2.45, 2.75) is 6.18 Å². The Hall–Kier alpha value is -0.520. The third-order valence-corrected chi connectivity index (χ3v) is 0.737. The van der Waals surface area contributed by atoms with Crippen LogP contribution in [0.1, 0.15) is 0 Å². The van der Waals surface area contributed by atoms with Crippen LogP contribution in [0.15, 0.2) is 11.8 Å². The first-order valence-corrected chi connectivity index (χ1v) is 2.74. The molecular weight excluding hydrogens is 194 g/mol. The molecule has 0 aromatic rings. The molecule has 7 heteroatoms. The van der Waals surface area contributed by atoms with Crippen LogP contribution in [0.4, 0.5) is 22.0 Å². The summed E-state index contributed by atoms with van der Waals surface area (Å²) in [7, 11) is 0. The lowest BCUT2D eigenvalue weighted by atomic mass is 10.5. The normalized spacial score (nSPS) is 11.1. The Bertz CT molecular complexity index is 158. The Morgan fingerprint density at radius 2 is 1.73 bits per heavy atom. The quantitative estimate of drug-likeness (QED) is 0.375. The van der Waals surface area contributed by atoms with E-state index in [4.69, 9.17) is 0 Å². The molecule has 1 nitrogen and oxygen atoms in total. The molecule has 0 aromatic carbocycles. The van der Waals surface area contributed by atoms with Crippen LogP contribution >= 0.6 is 11.6 Å². The highest BCUT2D eigenvalue weighted by Crippen LogP contribution is 2.30. The minimum Gasteiger partial charge on any atom is -0.469 e. The minimum atomic E-state index is -5.19. The first kappa shape index (κ1) is 10.5. The summed E-state index contributed by atoms with van der Waals surface area (Å²) in [4.78, 5) is 0. The summed E-state index contributed by atoms with van der Waals surface area (Å²) >= 11 is 4.66. The zero-order chi connectivity index (χ0) is 9.07. The van der Waals surface area contributed by atoms with Crippen LogP contribution in [0.5, 0.6) is 0 Å². The van der Waals surface area contributed by atoms with E-state index in [2.05, 4.69) is 16.3 Å². The highest BCUT2D eigenvalue weighted by molar-refractivity contribution is 6.17. The summed E-state index contributed by atoms with van der Waals surface area (Å²) in [5.74, 6) is -2.34. The SMILES string of the molecule is FC(F)=C(OCCl)C(F)(F)F. The van der Waals surface area contributed by atoms with Crippen molar-refractivity contribution in [3.63, 3.8) is 0 Å². The summed E-state index contributed by atoms with van der Waals surface area (Å²) < 4.78 is 60.5. The van der Waals surface area contributed by atoms with Crippen molar-refractivity contribution in [1.82, 2.24) is 0 Å². The van der Waals surface area contributed by atoms with Gasteiger partial charge in [0.25, 0.3) is 5.76 Å². The summed E-state index contributed by atoms with van der Waals surface area (Å²) in [6.07, 6.45) is -8.12. The molecule has 0 unspecified atom stereocenters. The predicted octanol–water partition coefficient (Wildman–Crippen LogP) is 2.87. The Kier molecular flexibility index (Phi) is 3.57. The van der Waals surface area contributed by atoms with Crippen LogP contribution in [0, 0.1) is 0 Å². The lowest BCUT2D eigenvalue weighted by Gasteiger charge is -2.08. The Balaban J connectivity index is 4.50. The highest BCUT2D eigenvalue weighted by atomic mass is 35.5. The lowest BCUT2D eigenvalue weighted by Crippen LogP contribution is -2.15. The van der Waals surface area contributed by atoms with Crippen LogP contribution in [0.25, 0.3) is 0 Å². The molecule has 0 aliphatic carbocycles. The van der Waals surface area contributed by atoms with E-state index >= 15 is 0 Å². The number of rotatable bonds is 2. The van der Waals surface area contributed by atoms with Gasteiger partial charge in [-0.3, -0.25) is 0 Å². The maximum Gasteiger partial charge on any atom is 0.454 e. The van der Waals surface area contributed by atoms with E-state index in [1.807, 2.05) is 0 Å². The third-order valence-electron chi connectivity index (χ3n) is 0.628. The second-order valence-electron chi connectivity index (χ2n) is 1.34. The van der Waals surface area contributed by atoms with Crippen molar-refractivity contribution in [1.29, 1.82) is 0 Å². The van der Waals surface area contributed by atoms with Crippen LogP contribution in [0.3, 0.4) is 0 Å². The van der Waals surface area contributed by atoms with Crippen molar-refractivity contribution in [2.75, 3.05) is 6.07 Å². The number of halogens is 6. The molecule has 11 heavy (non-hydrogen) atoms. The maximum absolute atomic E-state index is 11.4. The molecule has 0 aliphatic heterocycles. The predicted molar refractivity (Wildman–Crippen MR) is 27.1 cm³/mol. The zero-order valence-corrected chi connectivity index (χ0v) is 5.64. The smallest absolute Gasteiger partial charge is 0.454 e. The van der Waals surface area contributed by atoms with Crippen molar-refractivity contribution in [3.05, 3.63) is 11.8 Å². The molecule has 66 valence electrons. The third kappa shape index (κ3) is 3.41. The van der Waals surface area contributed by atoms with Gasteiger partial charge >= 0.3 is 12.3 Å². The van der Waals surface area contributed by atoms with Crippen LogP contribution < -0.4 is 0 Å². The molecule has 0 heterocycles. The van der Waals surface area contributed by atoms with E-state index in [1.54, 1.807) is 0 Å². The monoisotopic (exact) mass is 196 g/mol. The second-order valence-corrected chi connectivity index (χ2v) is 1.56. The van der Waals surface area contributed by atoms with Gasteiger partial charge in [0.1, 0.15) is 0 Å². The standard InChI is InChI=1S/C4H2ClF5O/c5-1-11-2(3(6)7)4(8,9)10/h1H2.